The minimum Gasteiger partial charge on any atom is -0.494 e. The summed E-state index contributed by atoms with van der Waals surface area (Å²) in [6.07, 6.45) is 2.40. The van der Waals surface area contributed by atoms with Gasteiger partial charge in [-0.2, -0.15) is 0 Å². The fourth-order valence-corrected chi connectivity index (χ4v) is 4.42. The van der Waals surface area contributed by atoms with Crippen molar-refractivity contribution in [3.63, 3.8) is 0 Å². The number of carbonyl (C=O) groups excluding carboxylic acids is 1. The Hall–Kier alpha value is -2.16. The van der Waals surface area contributed by atoms with Crippen LogP contribution in [0.2, 0.25) is 0 Å². The average Bonchev–Trinajstić information content (AvgIpc) is 3.18. The van der Waals surface area contributed by atoms with Gasteiger partial charge in [0.05, 0.1) is 36.5 Å². The lowest BCUT2D eigenvalue weighted by molar-refractivity contribution is -0.906. The number of fused-ring (bicyclic) bond motifs is 1. The number of nitrogens with zero attached hydrogens (tertiary/aromatic N) is 2. The van der Waals surface area contributed by atoms with Crippen molar-refractivity contribution in [2.45, 2.75) is 13.3 Å². The Morgan fingerprint density at radius 1 is 1.25 bits per heavy atom. The van der Waals surface area contributed by atoms with Gasteiger partial charge in [-0.25, -0.2) is 4.98 Å². The molecule has 1 fully saturated rings. The predicted molar refractivity (Wildman–Crippen MR) is 108 cm³/mol. The molecule has 1 aromatic heterocycles. The molecule has 1 aromatic carbocycles. The minimum atomic E-state index is -0.192. The van der Waals surface area contributed by atoms with Gasteiger partial charge in [0.25, 0.3) is 5.91 Å². The number of benzene rings is 1. The normalized spacial score (nSPS) is 17.7. The molecule has 4 rings (SSSR count). The van der Waals surface area contributed by atoms with Crippen molar-refractivity contribution < 1.29 is 23.9 Å². The van der Waals surface area contributed by atoms with Gasteiger partial charge in [0, 0.05) is 0 Å². The van der Waals surface area contributed by atoms with Crippen molar-refractivity contribution in [2.24, 2.45) is 0 Å². The smallest absolute Gasteiger partial charge is 0.298 e. The van der Waals surface area contributed by atoms with Crippen LogP contribution >= 0.6 is 11.3 Å². The zero-order valence-electron chi connectivity index (χ0n) is 16.1. The van der Waals surface area contributed by atoms with Crippen molar-refractivity contribution >= 4 is 32.6 Å². The molecule has 1 saturated heterocycles. The van der Waals surface area contributed by atoms with Gasteiger partial charge in [-0.05, 0) is 24.1 Å². The number of nitrogens with one attached hydrogen (secondary N) is 1. The lowest BCUT2D eigenvalue weighted by Gasteiger charge is -2.27. The second-order valence-electron chi connectivity index (χ2n) is 6.92. The first-order chi connectivity index (χ1) is 13.7. The number of rotatable bonds is 6. The molecule has 7 nitrogen and oxygen atoms in total. The van der Waals surface area contributed by atoms with E-state index in [-0.39, 0.29) is 11.7 Å². The van der Waals surface area contributed by atoms with Crippen LogP contribution in [0.5, 0.6) is 0 Å². The highest BCUT2D eigenvalue weighted by Gasteiger charge is 2.27. The monoisotopic (exact) mass is 404 g/mol. The number of hydrogen-bond donors (Lipinski definition) is 1. The Morgan fingerprint density at radius 2 is 2.11 bits per heavy atom. The van der Waals surface area contributed by atoms with Crippen LogP contribution < -0.4 is 9.80 Å². The lowest BCUT2D eigenvalue weighted by atomic mass is 10.2. The number of ether oxygens (including phenoxy) is 3. The summed E-state index contributed by atoms with van der Waals surface area (Å²) in [6.45, 7) is 7.88. The van der Waals surface area contributed by atoms with Crippen molar-refractivity contribution in [3.05, 3.63) is 35.8 Å². The fourth-order valence-electron chi connectivity index (χ4n) is 3.37. The zero-order valence-corrected chi connectivity index (χ0v) is 16.9. The summed E-state index contributed by atoms with van der Waals surface area (Å²) in [5.74, 6) is 0.0545. The van der Waals surface area contributed by atoms with E-state index in [4.69, 9.17) is 19.2 Å². The maximum absolute atomic E-state index is 13.2. The first-order valence-electron chi connectivity index (χ1n) is 9.82. The van der Waals surface area contributed by atoms with E-state index in [9.17, 15) is 4.79 Å². The van der Waals surface area contributed by atoms with Crippen molar-refractivity contribution in [3.8, 4) is 0 Å². The largest absolute Gasteiger partial charge is 0.494 e. The number of aryl methyl sites for hydroxylation is 1. The number of quaternary nitrogens is 1. The van der Waals surface area contributed by atoms with E-state index in [1.807, 2.05) is 6.07 Å². The highest BCUT2D eigenvalue weighted by atomic mass is 32.1. The molecule has 0 spiro atoms. The van der Waals surface area contributed by atoms with E-state index < -0.39 is 0 Å². The molecule has 2 aliphatic heterocycles. The maximum Gasteiger partial charge on any atom is 0.298 e. The summed E-state index contributed by atoms with van der Waals surface area (Å²) >= 11 is 1.55. The number of aromatic nitrogens is 1. The molecule has 0 aliphatic carbocycles. The van der Waals surface area contributed by atoms with Gasteiger partial charge >= 0.3 is 0 Å². The number of hydrogen-bond acceptors (Lipinski definition) is 6. The van der Waals surface area contributed by atoms with Crippen LogP contribution in [0.15, 0.2) is 30.2 Å². The maximum atomic E-state index is 13.2. The summed E-state index contributed by atoms with van der Waals surface area (Å²) in [5.41, 5.74) is 2.19. The topological polar surface area (TPSA) is 65.3 Å². The average molecular weight is 405 g/mol. The van der Waals surface area contributed by atoms with Crippen LogP contribution in [0.25, 0.3) is 10.2 Å². The van der Waals surface area contributed by atoms with Gasteiger partial charge in [0.1, 0.15) is 32.6 Å². The van der Waals surface area contributed by atoms with E-state index in [2.05, 4.69) is 19.1 Å². The second-order valence-corrected chi connectivity index (χ2v) is 7.93. The number of anilines is 1. The fraction of sp³-hybridized carbons (Fsp3) is 0.500. The van der Waals surface area contributed by atoms with E-state index in [1.165, 1.54) is 16.7 Å². The summed E-state index contributed by atoms with van der Waals surface area (Å²) in [5, 5.41) is 0.705. The van der Waals surface area contributed by atoms with E-state index in [1.54, 1.807) is 16.2 Å². The third-order valence-electron chi connectivity index (χ3n) is 5.07. The quantitative estimate of drug-likeness (QED) is 0.778. The molecule has 0 unspecified atom stereocenters. The van der Waals surface area contributed by atoms with Gasteiger partial charge in [-0.1, -0.05) is 24.3 Å². The summed E-state index contributed by atoms with van der Waals surface area (Å²) in [4.78, 5) is 21.1. The van der Waals surface area contributed by atoms with E-state index in [0.29, 0.717) is 24.9 Å². The Kier molecular flexibility index (Phi) is 6.09. The van der Waals surface area contributed by atoms with Gasteiger partial charge < -0.3 is 19.1 Å². The second kappa shape index (κ2) is 8.89. The number of amides is 1. The Balaban J connectivity index is 1.59. The highest BCUT2D eigenvalue weighted by Crippen LogP contribution is 2.30. The molecule has 28 heavy (non-hydrogen) atoms. The first kappa shape index (κ1) is 19.2. The number of morpholine rings is 1. The zero-order chi connectivity index (χ0) is 19.3. The van der Waals surface area contributed by atoms with Gasteiger partial charge in [-0.3, -0.25) is 9.69 Å². The lowest BCUT2D eigenvalue weighted by Crippen LogP contribution is -3.14. The molecule has 3 heterocycles. The molecule has 0 bridgehead atoms. The molecular formula is C20H26N3O4S+. The third-order valence-corrected chi connectivity index (χ3v) is 6.12. The van der Waals surface area contributed by atoms with Crippen LogP contribution in [-0.2, 0) is 25.4 Å². The van der Waals surface area contributed by atoms with Crippen molar-refractivity contribution in [2.75, 3.05) is 57.5 Å². The Bertz CT molecular complexity index is 860. The summed E-state index contributed by atoms with van der Waals surface area (Å²) in [6, 6.07) is 6.28. The van der Waals surface area contributed by atoms with Crippen LogP contribution in [0, 0.1) is 0 Å². The molecular weight excluding hydrogens is 378 g/mol. The SMILES string of the molecule is CCc1ccc2nc(N(CC[NH+]3CCOCC3)C(=O)C3=COCCO3)sc2c1. The third kappa shape index (κ3) is 4.29. The molecule has 2 aliphatic rings. The number of carbonyl (C=O) groups is 1. The van der Waals surface area contributed by atoms with Crippen molar-refractivity contribution in [1.29, 1.82) is 0 Å². The van der Waals surface area contributed by atoms with Gasteiger partial charge in [0.15, 0.2) is 5.13 Å². The van der Waals surface area contributed by atoms with Gasteiger partial charge in [0.2, 0.25) is 5.76 Å². The van der Waals surface area contributed by atoms with Crippen molar-refractivity contribution in [1.82, 2.24) is 4.98 Å². The Morgan fingerprint density at radius 3 is 2.86 bits per heavy atom. The van der Waals surface area contributed by atoms with E-state index >= 15 is 0 Å². The minimum absolute atomic E-state index is 0.192. The van der Waals surface area contributed by atoms with Gasteiger partial charge in [-0.15, -0.1) is 0 Å². The molecule has 0 saturated carbocycles. The summed E-state index contributed by atoms with van der Waals surface area (Å²) < 4.78 is 17.4. The molecule has 0 radical (unpaired) electrons. The Labute approximate surface area is 168 Å². The molecule has 1 amide bonds. The van der Waals surface area contributed by atoms with Crippen LogP contribution in [0.3, 0.4) is 0 Å². The highest BCUT2D eigenvalue weighted by molar-refractivity contribution is 7.22. The van der Waals surface area contributed by atoms with Crippen LogP contribution in [-0.4, -0.2) is 63.5 Å². The predicted octanol–water partition coefficient (Wildman–Crippen LogP) is 0.995. The first-order valence-corrected chi connectivity index (χ1v) is 10.6. The van der Waals surface area contributed by atoms with E-state index in [0.717, 1.165) is 49.5 Å². The standard InChI is InChI=1S/C20H25N3O4S/c1-2-15-3-4-16-18(13-15)28-20(21-16)23(6-5-22-7-9-25-10-8-22)19(24)17-14-26-11-12-27-17/h3-4,13-14H,2,5-12H2,1H3/p+1. The molecule has 8 heteroatoms. The number of thiazole rings is 1. The molecule has 0 atom stereocenters. The van der Waals surface area contributed by atoms with Crippen LogP contribution in [0.1, 0.15) is 12.5 Å². The molecule has 2 aromatic rings. The molecule has 1 N–H and O–H groups in total. The molecule has 150 valence electrons. The van der Waals surface area contributed by atoms with Crippen LogP contribution in [0.4, 0.5) is 5.13 Å². The summed E-state index contributed by atoms with van der Waals surface area (Å²) in [7, 11) is 0.